The van der Waals surface area contributed by atoms with Gasteiger partial charge in [-0.15, -0.1) is 0 Å². The van der Waals surface area contributed by atoms with E-state index >= 15 is 0 Å². The molecule has 0 saturated heterocycles. The second-order valence-electron chi connectivity index (χ2n) is 6.56. The first-order valence-corrected chi connectivity index (χ1v) is 9.21. The molecule has 0 saturated carbocycles. The summed E-state index contributed by atoms with van der Waals surface area (Å²) in [7, 11) is 0. The van der Waals surface area contributed by atoms with E-state index in [1.165, 1.54) is 12.1 Å². The second-order valence-corrected chi connectivity index (χ2v) is 6.56. The van der Waals surface area contributed by atoms with E-state index < -0.39 is 23.0 Å². The molecule has 0 radical (unpaired) electrons. The molecule has 1 aromatic carbocycles. The fourth-order valence-electron chi connectivity index (χ4n) is 2.86. The topological polar surface area (TPSA) is 120 Å². The van der Waals surface area contributed by atoms with Gasteiger partial charge in [-0.25, -0.2) is 9.59 Å². The number of rotatable bonds is 8. The van der Waals surface area contributed by atoms with Crippen molar-refractivity contribution in [2.75, 3.05) is 6.61 Å². The van der Waals surface area contributed by atoms with Gasteiger partial charge in [0.05, 0.1) is 29.2 Å². The number of nitrogens with zero attached hydrogens (tertiary/aromatic N) is 1. The van der Waals surface area contributed by atoms with Crippen molar-refractivity contribution in [3.05, 3.63) is 45.1 Å². The summed E-state index contributed by atoms with van der Waals surface area (Å²) in [6.07, 6.45) is 0.749. The zero-order valence-electron chi connectivity index (χ0n) is 16.4. The van der Waals surface area contributed by atoms with Gasteiger partial charge < -0.3 is 20.1 Å². The number of allylic oxidation sites excluding steroid dienone is 1. The molecule has 1 atom stereocenters. The number of nitrogens with one attached hydrogen (secondary N) is 2. The quantitative estimate of drug-likeness (QED) is 0.398. The third-order valence-corrected chi connectivity index (χ3v) is 4.04. The molecule has 9 heteroatoms. The molecule has 1 unspecified atom stereocenters. The van der Waals surface area contributed by atoms with Crippen LogP contribution >= 0.6 is 0 Å². The number of benzene rings is 1. The molecule has 1 aliphatic rings. The van der Waals surface area contributed by atoms with Crippen molar-refractivity contribution >= 4 is 17.7 Å². The lowest BCUT2D eigenvalue weighted by Crippen LogP contribution is -2.46. The van der Waals surface area contributed by atoms with Crippen molar-refractivity contribution in [1.82, 2.24) is 10.6 Å². The minimum Gasteiger partial charge on any atom is -0.487 e. The van der Waals surface area contributed by atoms with Crippen LogP contribution in [0.25, 0.3) is 0 Å². The van der Waals surface area contributed by atoms with Gasteiger partial charge in [0.1, 0.15) is 0 Å². The van der Waals surface area contributed by atoms with E-state index in [-0.39, 0.29) is 23.1 Å². The summed E-state index contributed by atoms with van der Waals surface area (Å²) in [6, 6.07) is 3.04. The number of nitro groups is 1. The molecule has 0 bridgehead atoms. The Labute approximate surface area is 163 Å². The number of carbonyl (C=O) groups excluding carboxylic acids is 2. The predicted octanol–water partition coefficient (Wildman–Crippen LogP) is 3.35. The third-order valence-electron chi connectivity index (χ3n) is 4.04. The van der Waals surface area contributed by atoms with E-state index in [0.29, 0.717) is 30.7 Å². The van der Waals surface area contributed by atoms with Crippen molar-refractivity contribution < 1.29 is 24.0 Å². The molecule has 1 aliphatic heterocycles. The number of ether oxygens (including phenoxy) is 2. The van der Waals surface area contributed by atoms with Crippen molar-refractivity contribution in [2.24, 2.45) is 0 Å². The van der Waals surface area contributed by atoms with Gasteiger partial charge in [0.2, 0.25) is 0 Å². The summed E-state index contributed by atoms with van der Waals surface area (Å²) in [5.41, 5.74) is 0.820. The summed E-state index contributed by atoms with van der Waals surface area (Å²) < 4.78 is 10.8. The molecule has 1 aromatic rings. The molecule has 0 spiro atoms. The van der Waals surface area contributed by atoms with Gasteiger partial charge in [-0.3, -0.25) is 10.1 Å². The van der Waals surface area contributed by atoms with Crippen molar-refractivity contribution in [2.45, 2.75) is 52.7 Å². The van der Waals surface area contributed by atoms with Crippen molar-refractivity contribution in [3.8, 4) is 5.75 Å². The highest BCUT2D eigenvalue weighted by Crippen LogP contribution is 2.35. The minimum atomic E-state index is -0.867. The highest BCUT2D eigenvalue weighted by Gasteiger charge is 2.34. The lowest BCUT2D eigenvalue weighted by molar-refractivity contribution is -0.385. The molecule has 9 nitrogen and oxygen atoms in total. The fraction of sp³-hybridized carbons (Fsp3) is 0.474. The molecule has 2 amide bonds. The number of amides is 2. The van der Waals surface area contributed by atoms with Crippen LogP contribution in [0.2, 0.25) is 0 Å². The van der Waals surface area contributed by atoms with Crippen molar-refractivity contribution in [3.63, 3.8) is 0 Å². The van der Waals surface area contributed by atoms with Crippen molar-refractivity contribution in [1.29, 1.82) is 0 Å². The third kappa shape index (κ3) is 4.79. The number of esters is 1. The zero-order valence-corrected chi connectivity index (χ0v) is 16.4. The predicted molar refractivity (Wildman–Crippen MR) is 102 cm³/mol. The molecule has 152 valence electrons. The van der Waals surface area contributed by atoms with Gasteiger partial charge in [0.15, 0.2) is 5.75 Å². The minimum absolute atomic E-state index is 0.141. The zero-order chi connectivity index (χ0) is 20.8. The van der Waals surface area contributed by atoms with Crippen LogP contribution < -0.4 is 15.4 Å². The standard InChI is InChI=1S/C19H25N3O6/c1-5-9-27-15-8-7-12(10-14(15)22(25)26)17-16(18(23)28-11(3)4)13(6-2)20-19(24)21-17/h7-8,10-11,17H,5-6,9H2,1-4H3,(H2,20,21,24). The van der Waals surface area contributed by atoms with E-state index in [4.69, 9.17) is 9.47 Å². The van der Waals surface area contributed by atoms with Gasteiger partial charge in [0.25, 0.3) is 0 Å². The molecule has 0 fully saturated rings. The second kappa shape index (κ2) is 9.20. The van der Waals surface area contributed by atoms with E-state index in [9.17, 15) is 19.7 Å². The molecule has 2 rings (SSSR count). The van der Waals surface area contributed by atoms with Crippen LogP contribution in [-0.4, -0.2) is 29.6 Å². The Morgan fingerprint density at radius 2 is 2.04 bits per heavy atom. The Morgan fingerprint density at radius 3 is 2.61 bits per heavy atom. The smallest absolute Gasteiger partial charge is 0.338 e. The number of carbonyl (C=O) groups is 2. The molecule has 0 aromatic heterocycles. The first-order chi connectivity index (χ1) is 13.3. The Kier molecular flexibility index (Phi) is 6.97. The Balaban J connectivity index is 2.52. The van der Waals surface area contributed by atoms with Gasteiger partial charge >= 0.3 is 17.7 Å². The Bertz CT molecular complexity index is 803. The number of hydrogen-bond acceptors (Lipinski definition) is 6. The molecular weight excluding hydrogens is 366 g/mol. The summed E-state index contributed by atoms with van der Waals surface area (Å²) in [5.74, 6) is -0.444. The molecule has 2 N–H and O–H groups in total. The summed E-state index contributed by atoms with van der Waals surface area (Å²) in [6.45, 7) is 7.48. The van der Waals surface area contributed by atoms with Gasteiger partial charge in [-0.05, 0) is 38.3 Å². The summed E-state index contributed by atoms with van der Waals surface area (Å²) in [4.78, 5) is 35.7. The SMILES string of the molecule is CCCOc1ccc(C2NC(=O)NC(CC)=C2C(=O)OC(C)C)cc1[N+](=O)[O-]. The molecular formula is C19H25N3O6. The monoisotopic (exact) mass is 391 g/mol. The van der Waals surface area contributed by atoms with Crippen LogP contribution in [0.15, 0.2) is 29.5 Å². The van der Waals surface area contributed by atoms with Gasteiger partial charge in [-0.1, -0.05) is 19.9 Å². The lowest BCUT2D eigenvalue weighted by atomic mass is 9.94. The number of hydrogen-bond donors (Lipinski definition) is 2. The normalized spacial score (nSPS) is 16.5. The van der Waals surface area contributed by atoms with Crippen LogP contribution in [0, 0.1) is 10.1 Å². The molecule has 28 heavy (non-hydrogen) atoms. The average Bonchev–Trinajstić information content (AvgIpc) is 2.64. The van der Waals surface area contributed by atoms with Crippen LogP contribution in [0.5, 0.6) is 5.75 Å². The van der Waals surface area contributed by atoms with E-state index in [1.807, 2.05) is 6.92 Å². The van der Waals surface area contributed by atoms with E-state index in [1.54, 1.807) is 26.8 Å². The Morgan fingerprint density at radius 1 is 1.32 bits per heavy atom. The van der Waals surface area contributed by atoms with E-state index in [0.717, 1.165) is 0 Å². The molecule has 0 aliphatic carbocycles. The Hall–Kier alpha value is -3.10. The summed E-state index contributed by atoms with van der Waals surface area (Å²) in [5, 5.41) is 16.8. The van der Waals surface area contributed by atoms with Gasteiger partial charge in [0, 0.05) is 11.8 Å². The van der Waals surface area contributed by atoms with E-state index in [2.05, 4.69) is 10.6 Å². The first-order valence-electron chi connectivity index (χ1n) is 9.21. The largest absolute Gasteiger partial charge is 0.487 e. The highest BCUT2D eigenvalue weighted by atomic mass is 16.6. The maximum absolute atomic E-state index is 12.7. The van der Waals surface area contributed by atoms with Crippen LogP contribution in [0.1, 0.15) is 52.1 Å². The van der Waals surface area contributed by atoms with Gasteiger partial charge in [-0.2, -0.15) is 0 Å². The number of nitro benzene ring substituents is 1. The summed E-state index contributed by atoms with van der Waals surface area (Å²) >= 11 is 0. The molecule has 1 heterocycles. The lowest BCUT2D eigenvalue weighted by Gasteiger charge is -2.29. The van der Waals surface area contributed by atoms with Crippen LogP contribution in [-0.2, 0) is 9.53 Å². The maximum Gasteiger partial charge on any atom is 0.338 e. The van der Waals surface area contributed by atoms with Crippen LogP contribution in [0.4, 0.5) is 10.5 Å². The highest BCUT2D eigenvalue weighted by molar-refractivity contribution is 5.95. The maximum atomic E-state index is 12.7. The first kappa shape index (κ1) is 21.2. The number of urea groups is 1. The fourth-order valence-corrected chi connectivity index (χ4v) is 2.86. The average molecular weight is 391 g/mol. The van der Waals surface area contributed by atoms with Crippen LogP contribution in [0.3, 0.4) is 0 Å².